The lowest BCUT2D eigenvalue weighted by molar-refractivity contribution is -0.147. The van der Waals surface area contributed by atoms with E-state index in [4.69, 9.17) is 19.2 Å². The normalized spacial score (nSPS) is 28.5. The molecule has 4 aliphatic heterocycles. The van der Waals surface area contributed by atoms with Gasteiger partial charge in [-0.25, -0.2) is 0 Å². The van der Waals surface area contributed by atoms with Crippen molar-refractivity contribution in [1.82, 2.24) is 19.8 Å². The molecule has 300 valence electrons. The number of ether oxygens (including phenoxy) is 3. The average molecular weight is 775 g/mol. The van der Waals surface area contributed by atoms with E-state index in [1.54, 1.807) is 19.9 Å². The molecule has 3 bridgehead atoms. The topological polar surface area (TPSA) is 131 Å². The second-order valence-electron chi connectivity index (χ2n) is 16.6. The van der Waals surface area contributed by atoms with Crippen molar-refractivity contribution in [1.29, 1.82) is 0 Å². The largest absolute Gasteiger partial charge is 0.462 e. The van der Waals surface area contributed by atoms with Crippen molar-refractivity contribution >= 4 is 45.5 Å². The first-order valence-electron chi connectivity index (χ1n) is 20.7. The van der Waals surface area contributed by atoms with Crippen LogP contribution in [0.2, 0.25) is 0 Å². The number of para-hydroxylation sites is 1. The maximum atomic E-state index is 14.8. The van der Waals surface area contributed by atoms with Gasteiger partial charge in [-0.3, -0.25) is 24.2 Å². The van der Waals surface area contributed by atoms with Crippen molar-refractivity contribution in [2.75, 3.05) is 26.2 Å². The Hall–Kier alpha value is -5.03. The molecule has 6 atom stereocenters. The monoisotopic (exact) mass is 774 g/mol. The number of H-pyrrole nitrogens is 1. The highest BCUT2D eigenvalue weighted by molar-refractivity contribution is 6.10. The van der Waals surface area contributed by atoms with Crippen LogP contribution in [-0.2, 0) is 28.7 Å². The first-order valence-corrected chi connectivity index (χ1v) is 20.7. The van der Waals surface area contributed by atoms with Gasteiger partial charge in [0, 0.05) is 79.7 Å². The van der Waals surface area contributed by atoms with E-state index < -0.39 is 17.5 Å². The molecule has 2 saturated heterocycles. The zero-order valence-electron chi connectivity index (χ0n) is 33.8. The van der Waals surface area contributed by atoms with Gasteiger partial charge in [0.05, 0.1) is 28.5 Å². The Labute approximate surface area is 334 Å². The number of piperidine rings is 1. The van der Waals surface area contributed by atoms with Crippen LogP contribution >= 0.6 is 0 Å². The molecule has 8 rings (SSSR count). The molecule has 0 amide bonds. The molecule has 0 radical (unpaired) electrons. The van der Waals surface area contributed by atoms with Gasteiger partial charge >= 0.3 is 17.9 Å². The lowest BCUT2D eigenvalue weighted by Gasteiger charge is -2.56. The third kappa shape index (κ3) is 7.02. The van der Waals surface area contributed by atoms with E-state index >= 15 is 0 Å². The molecule has 6 heterocycles. The number of nitrogens with zero attached hydrogens (tertiary/aromatic N) is 3. The number of aromatic amines is 1. The summed E-state index contributed by atoms with van der Waals surface area (Å²) in [6, 6.07) is 7.66. The molecular weight excluding hydrogens is 721 g/mol. The van der Waals surface area contributed by atoms with Gasteiger partial charge in [0.25, 0.3) is 0 Å². The number of allylic oxidation sites excluding steroid dienone is 5. The molecule has 0 saturated carbocycles. The fraction of sp³-hybridized carbons (Fsp3) is 0.500. The minimum absolute atomic E-state index is 0.000163. The number of carbonyl (C=O) groups excluding carboxylic acids is 4. The van der Waals surface area contributed by atoms with E-state index in [9.17, 15) is 19.2 Å². The van der Waals surface area contributed by atoms with E-state index in [0.29, 0.717) is 37.4 Å². The number of carbonyl (C=O) groups is 4. The summed E-state index contributed by atoms with van der Waals surface area (Å²) in [5.41, 5.74) is 5.62. The van der Waals surface area contributed by atoms with E-state index in [1.165, 1.54) is 26.3 Å². The van der Waals surface area contributed by atoms with E-state index in [0.717, 1.165) is 102 Å². The molecule has 2 fully saturated rings. The summed E-state index contributed by atoms with van der Waals surface area (Å²) < 4.78 is 17.4. The summed E-state index contributed by atoms with van der Waals surface area (Å²) in [4.78, 5) is 65.8. The molecule has 5 aliphatic rings. The van der Waals surface area contributed by atoms with Crippen LogP contribution in [0.25, 0.3) is 21.8 Å². The van der Waals surface area contributed by atoms with Crippen molar-refractivity contribution < 1.29 is 33.4 Å². The SMILES string of the molecule is CC(=O)OC(C)=C1C[C@@H](OC(C)=O)CCCN2C1=C(C(C)=O)[C@@]13CN4CCCCC=CCCC(=C[C@@H](c5nccc6c5[nH]c5c(OC(C)=O)cccc56)[C@H]1CC4)[C@@H]23. The molecule has 11 nitrogen and oxygen atoms in total. The zero-order chi connectivity index (χ0) is 40.0. The van der Waals surface area contributed by atoms with Crippen molar-refractivity contribution in [2.45, 2.75) is 110 Å². The van der Waals surface area contributed by atoms with Crippen LogP contribution in [0.4, 0.5) is 0 Å². The van der Waals surface area contributed by atoms with Gasteiger partial charge in [0.15, 0.2) is 11.5 Å². The molecule has 3 aromatic rings. The molecule has 1 spiro atoms. The van der Waals surface area contributed by atoms with Gasteiger partial charge < -0.3 is 29.0 Å². The van der Waals surface area contributed by atoms with E-state index in [-0.39, 0.29) is 35.6 Å². The van der Waals surface area contributed by atoms with Gasteiger partial charge in [-0.2, -0.15) is 0 Å². The lowest BCUT2D eigenvalue weighted by atomic mass is 9.53. The Bertz CT molecular complexity index is 2260. The highest BCUT2D eigenvalue weighted by Gasteiger charge is 2.64. The van der Waals surface area contributed by atoms with Crippen LogP contribution in [0, 0.1) is 11.3 Å². The van der Waals surface area contributed by atoms with Crippen LogP contribution in [0.15, 0.2) is 76.9 Å². The number of benzene rings is 1. The number of rotatable bonds is 5. The number of hydrogen-bond donors (Lipinski definition) is 1. The van der Waals surface area contributed by atoms with Crippen LogP contribution in [0.3, 0.4) is 0 Å². The number of hydrogen-bond acceptors (Lipinski definition) is 10. The maximum absolute atomic E-state index is 14.8. The molecule has 1 N–H and O–H groups in total. The van der Waals surface area contributed by atoms with Crippen molar-refractivity contribution in [3.8, 4) is 5.75 Å². The number of fused-ring (bicyclic) bond motifs is 5. The van der Waals surface area contributed by atoms with Crippen LogP contribution in [0.5, 0.6) is 5.75 Å². The summed E-state index contributed by atoms with van der Waals surface area (Å²) in [7, 11) is 0. The smallest absolute Gasteiger partial charge is 0.308 e. The van der Waals surface area contributed by atoms with Crippen molar-refractivity contribution in [3.05, 3.63) is 82.6 Å². The van der Waals surface area contributed by atoms with Crippen LogP contribution in [0.1, 0.15) is 104 Å². The summed E-state index contributed by atoms with van der Waals surface area (Å²) in [6.45, 7) is 11.0. The van der Waals surface area contributed by atoms with E-state index in [2.05, 4.69) is 33.0 Å². The highest BCUT2D eigenvalue weighted by Crippen LogP contribution is 2.64. The third-order valence-electron chi connectivity index (χ3n) is 12.9. The van der Waals surface area contributed by atoms with Gasteiger partial charge in [-0.15, -0.1) is 0 Å². The Morgan fingerprint density at radius 2 is 1.67 bits per heavy atom. The second-order valence-corrected chi connectivity index (χ2v) is 16.6. The number of Topliss-reactive ketones (excluding diaryl/α,β-unsaturated/α-hetero) is 1. The maximum Gasteiger partial charge on any atom is 0.308 e. The number of esters is 3. The van der Waals surface area contributed by atoms with E-state index in [1.807, 2.05) is 24.4 Å². The quantitative estimate of drug-likeness (QED) is 0.118. The molecule has 1 unspecified atom stereocenters. The minimum Gasteiger partial charge on any atom is -0.462 e. The Balaban J connectivity index is 1.40. The van der Waals surface area contributed by atoms with Crippen molar-refractivity contribution in [2.24, 2.45) is 11.3 Å². The number of nitrogens with one attached hydrogen (secondary N) is 1. The summed E-state index contributed by atoms with van der Waals surface area (Å²) in [5.74, 6) is -0.400. The van der Waals surface area contributed by atoms with Gasteiger partial charge in [0.2, 0.25) is 0 Å². The number of aromatic nitrogens is 2. The Kier molecular flexibility index (Phi) is 10.7. The fourth-order valence-electron chi connectivity index (χ4n) is 11.1. The lowest BCUT2D eigenvalue weighted by Crippen LogP contribution is -2.61. The van der Waals surface area contributed by atoms with Gasteiger partial charge in [-0.05, 0) is 102 Å². The molecular formula is C46H54N4O7. The summed E-state index contributed by atoms with van der Waals surface area (Å²) >= 11 is 0. The number of pyridine rings is 1. The molecule has 57 heavy (non-hydrogen) atoms. The van der Waals surface area contributed by atoms with Crippen LogP contribution < -0.4 is 4.74 Å². The molecule has 2 aromatic heterocycles. The van der Waals surface area contributed by atoms with Crippen molar-refractivity contribution in [3.63, 3.8) is 0 Å². The second kappa shape index (κ2) is 15.7. The Morgan fingerprint density at radius 3 is 2.44 bits per heavy atom. The third-order valence-corrected chi connectivity index (χ3v) is 12.9. The summed E-state index contributed by atoms with van der Waals surface area (Å²) in [5, 5.41) is 1.95. The predicted molar refractivity (Wildman–Crippen MR) is 217 cm³/mol. The molecule has 1 aliphatic carbocycles. The first kappa shape index (κ1) is 38.8. The van der Waals surface area contributed by atoms with Gasteiger partial charge in [0.1, 0.15) is 11.9 Å². The fourth-order valence-corrected chi connectivity index (χ4v) is 11.1. The highest BCUT2D eigenvalue weighted by atomic mass is 16.5. The Morgan fingerprint density at radius 1 is 0.860 bits per heavy atom. The molecule has 1 aromatic carbocycles. The van der Waals surface area contributed by atoms with Crippen LogP contribution in [-0.4, -0.2) is 81.8 Å². The first-order chi connectivity index (χ1) is 27.5. The van der Waals surface area contributed by atoms with Gasteiger partial charge in [-0.1, -0.05) is 30.4 Å². The zero-order valence-corrected chi connectivity index (χ0v) is 33.8. The standard InChI is InChI=1S/C46H54N4O7/c1-27(51)40-44-36(28(2)55-29(3)52)25-33(56-30(4)53)15-13-22-50(44)45-32-14-10-8-6-7-9-11-21-49-23-19-38(46(40,45)26-49)37(24-32)42-43-35(18-20-47-42)34-16-12-17-39(41(34)48-43)57-31(5)54/h6,8,12,16-18,20,24,33,37-38,45,48H,7,9-11,13-15,19,21-23,25-26H2,1-5H3/t33-,37+,38+,45+,46+/m0/s1. The minimum atomic E-state index is -0.617. The summed E-state index contributed by atoms with van der Waals surface area (Å²) in [6.07, 6.45) is 16.1. The average Bonchev–Trinajstić information content (AvgIpc) is 3.66. The molecule has 11 heteroatoms. The predicted octanol–water partition coefficient (Wildman–Crippen LogP) is 7.97. The number of ketones is 1.